The van der Waals surface area contributed by atoms with E-state index in [-0.39, 0.29) is 5.82 Å². The Morgan fingerprint density at radius 1 is 1.00 bits per heavy atom. The van der Waals surface area contributed by atoms with Crippen LogP contribution in [0.5, 0.6) is 5.75 Å². The number of ether oxygens (including phenoxy) is 3. The number of hydrogen-bond acceptors (Lipinski definition) is 5. The summed E-state index contributed by atoms with van der Waals surface area (Å²) in [6.45, 7) is 12.8. The van der Waals surface area contributed by atoms with E-state index in [1.807, 2.05) is 32.9 Å². The van der Waals surface area contributed by atoms with Crippen molar-refractivity contribution < 1.29 is 18.6 Å². The fourth-order valence-corrected chi connectivity index (χ4v) is 5.70. The lowest BCUT2D eigenvalue weighted by atomic mass is 10.1. The summed E-state index contributed by atoms with van der Waals surface area (Å²) in [7, 11) is 0. The molecule has 1 aliphatic heterocycles. The first-order chi connectivity index (χ1) is 21.0. The molecule has 1 aliphatic carbocycles. The predicted octanol–water partition coefficient (Wildman–Crippen LogP) is 8.94. The van der Waals surface area contributed by atoms with Crippen molar-refractivity contribution in [3.63, 3.8) is 0 Å². The summed E-state index contributed by atoms with van der Waals surface area (Å²) in [6.07, 6.45) is 7.08. The van der Waals surface area contributed by atoms with Gasteiger partial charge in [-0.25, -0.2) is 9.37 Å². The van der Waals surface area contributed by atoms with Crippen molar-refractivity contribution in [3.8, 4) is 17.1 Å². The number of nitrogens with zero attached hydrogens (tertiary/aromatic N) is 3. The highest BCUT2D eigenvalue weighted by Crippen LogP contribution is 2.31. The molecule has 232 valence electrons. The van der Waals surface area contributed by atoms with Crippen LogP contribution in [0, 0.1) is 5.82 Å². The summed E-state index contributed by atoms with van der Waals surface area (Å²) < 4.78 is 33.6. The number of benzene rings is 2. The van der Waals surface area contributed by atoms with Crippen LogP contribution >= 0.6 is 11.6 Å². The minimum Gasteiger partial charge on any atom is -0.494 e. The molecule has 0 bridgehead atoms. The van der Waals surface area contributed by atoms with E-state index in [9.17, 15) is 4.39 Å². The first-order valence-electron chi connectivity index (χ1n) is 15.7. The number of unbranched alkanes of at least 4 members (excludes halogenated alkanes) is 1. The van der Waals surface area contributed by atoms with Gasteiger partial charge >= 0.3 is 0 Å². The van der Waals surface area contributed by atoms with Crippen LogP contribution in [0.15, 0.2) is 71.7 Å². The van der Waals surface area contributed by atoms with Gasteiger partial charge in [0.15, 0.2) is 10.9 Å². The summed E-state index contributed by atoms with van der Waals surface area (Å²) in [6, 6.07) is 14.8. The van der Waals surface area contributed by atoms with Crippen molar-refractivity contribution in [2.24, 2.45) is 0 Å². The van der Waals surface area contributed by atoms with Crippen molar-refractivity contribution >= 4 is 11.6 Å². The van der Waals surface area contributed by atoms with Gasteiger partial charge in [0.05, 0.1) is 12.3 Å². The number of allylic oxidation sites excluding steroid dienone is 2. The molecule has 0 radical (unpaired) electrons. The minimum absolute atomic E-state index is 0.269. The van der Waals surface area contributed by atoms with Gasteiger partial charge in [0.25, 0.3) is 0 Å². The van der Waals surface area contributed by atoms with Gasteiger partial charge in [0.2, 0.25) is 0 Å². The minimum atomic E-state index is -0.269. The van der Waals surface area contributed by atoms with Crippen LogP contribution in [0.25, 0.3) is 11.4 Å². The molecule has 0 amide bonds. The number of aromatic nitrogens is 2. The Labute approximate surface area is 261 Å². The van der Waals surface area contributed by atoms with Gasteiger partial charge in [-0.1, -0.05) is 56.5 Å². The molecule has 0 saturated carbocycles. The average molecular weight is 610 g/mol. The third-order valence-corrected chi connectivity index (χ3v) is 7.71. The molecule has 5 rings (SSSR count). The van der Waals surface area contributed by atoms with Crippen LogP contribution < -0.4 is 4.74 Å². The first kappa shape index (κ1) is 32.6. The molecule has 2 heterocycles. The maximum atomic E-state index is 13.7. The van der Waals surface area contributed by atoms with Gasteiger partial charge in [0.1, 0.15) is 36.4 Å². The van der Waals surface area contributed by atoms with Gasteiger partial charge < -0.3 is 18.8 Å². The van der Waals surface area contributed by atoms with Crippen molar-refractivity contribution in [3.05, 3.63) is 93.9 Å². The molecular weight excluding hydrogens is 565 g/mol. The van der Waals surface area contributed by atoms with E-state index < -0.39 is 0 Å². The Morgan fingerprint density at radius 3 is 2.56 bits per heavy atom. The van der Waals surface area contributed by atoms with E-state index in [1.165, 1.54) is 17.7 Å². The molecule has 0 saturated heterocycles. The lowest BCUT2D eigenvalue weighted by Gasteiger charge is -2.25. The molecule has 2 aromatic carbocycles. The van der Waals surface area contributed by atoms with Crippen LogP contribution in [-0.4, -0.2) is 40.8 Å². The van der Waals surface area contributed by atoms with E-state index in [4.69, 9.17) is 30.8 Å². The monoisotopic (exact) mass is 609 g/mol. The molecule has 6 nitrogen and oxygen atoms in total. The van der Waals surface area contributed by atoms with E-state index in [2.05, 4.69) is 34.6 Å². The van der Waals surface area contributed by atoms with Crippen molar-refractivity contribution in [2.45, 2.75) is 79.4 Å². The second-order valence-electron chi connectivity index (χ2n) is 10.6. The normalized spacial score (nSPS) is 14.6. The smallest absolute Gasteiger partial charge is 0.157 e. The third kappa shape index (κ3) is 8.87. The highest BCUT2D eigenvalue weighted by molar-refractivity contribution is 6.30. The number of rotatable bonds is 12. The predicted molar refractivity (Wildman–Crippen MR) is 171 cm³/mol. The standard InChI is InChI=1S/C33H39ClFN3O3.C2H6/c1-3-5-16-38-29(32(34)36-33(38)26-12-14-27(35)15-13-26)23-37(21-24-8-6-10-28(19-24)39-4-2)22-25-9-7-11-30-31(20-25)41-18-17-40-30;1-2/h6,8,10,12-15,19-20H,3-5,7,9,11,16-18,21-23H2,1-2H3;1-2H3. The van der Waals surface area contributed by atoms with Crippen molar-refractivity contribution in [1.29, 1.82) is 0 Å². The highest BCUT2D eigenvalue weighted by Gasteiger charge is 2.23. The molecule has 43 heavy (non-hydrogen) atoms. The quantitative estimate of drug-likeness (QED) is 0.205. The van der Waals surface area contributed by atoms with Crippen molar-refractivity contribution in [2.75, 3.05) is 26.4 Å². The second kappa shape index (κ2) is 16.5. The SMILES string of the molecule is CC.CCCCn1c(-c2ccc(F)cc2)nc(Cl)c1CN(CC1=CC2=C(CCC1)OCCO2)Cc1cccc(OCC)c1. The summed E-state index contributed by atoms with van der Waals surface area (Å²) in [5, 5.41) is 0.484. The molecule has 1 aromatic heterocycles. The van der Waals surface area contributed by atoms with E-state index >= 15 is 0 Å². The second-order valence-corrected chi connectivity index (χ2v) is 10.9. The average Bonchev–Trinajstić information content (AvgIpc) is 3.18. The summed E-state index contributed by atoms with van der Waals surface area (Å²) in [4.78, 5) is 7.19. The first-order valence-corrected chi connectivity index (χ1v) is 16.0. The topological polar surface area (TPSA) is 48.8 Å². The van der Waals surface area contributed by atoms with E-state index in [1.54, 1.807) is 12.1 Å². The Kier molecular flexibility index (Phi) is 12.5. The van der Waals surface area contributed by atoms with E-state index in [0.717, 1.165) is 85.1 Å². The number of hydrogen-bond donors (Lipinski definition) is 0. The Morgan fingerprint density at radius 2 is 1.79 bits per heavy atom. The summed E-state index contributed by atoms with van der Waals surface area (Å²) in [5.74, 6) is 3.20. The molecule has 0 fully saturated rings. The van der Waals surface area contributed by atoms with Gasteiger partial charge in [-0.3, -0.25) is 4.90 Å². The maximum Gasteiger partial charge on any atom is 0.157 e. The van der Waals surface area contributed by atoms with Crippen molar-refractivity contribution in [1.82, 2.24) is 14.5 Å². The lowest BCUT2D eigenvalue weighted by molar-refractivity contribution is 0.0649. The molecular formula is C35H45ClFN3O3. The van der Waals surface area contributed by atoms with Crippen LogP contribution in [0.3, 0.4) is 0 Å². The maximum absolute atomic E-state index is 13.7. The Bertz CT molecular complexity index is 1380. The fourth-order valence-electron chi connectivity index (χ4n) is 5.45. The van der Waals surface area contributed by atoms with Crippen LogP contribution in [-0.2, 0) is 29.1 Å². The molecule has 0 N–H and O–H groups in total. The zero-order valence-electron chi connectivity index (χ0n) is 26.0. The van der Waals surface area contributed by atoms with Gasteiger partial charge in [-0.15, -0.1) is 0 Å². The zero-order chi connectivity index (χ0) is 30.6. The van der Waals surface area contributed by atoms with Crippen LogP contribution in [0.4, 0.5) is 4.39 Å². The highest BCUT2D eigenvalue weighted by atomic mass is 35.5. The number of halogens is 2. The summed E-state index contributed by atoms with van der Waals surface area (Å²) >= 11 is 6.87. The number of imidazole rings is 1. The largest absolute Gasteiger partial charge is 0.494 e. The Balaban J connectivity index is 0.00000207. The van der Waals surface area contributed by atoms with E-state index in [0.29, 0.717) is 38.1 Å². The molecule has 2 aliphatic rings. The molecule has 8 heteroatoms. The van der Waals surface area contributed by atoms with Gasteiger partial charge in [-0.05, 0) is 74.2 Å². The molecule has 0 atom stereocenters. The molecule has 0 spiro atoms. The van der Waals surface area contributed by atoms with Gasteiger partial charge in [0, 0.05) is 38.2 Å². The fraction of sp³-hybridized carbons (Fsp3) is 0.457. The summed E-state index contributed by atoms with van der Waals surface area (Å²) in [5.41, 5.74) is 4.28. The molecule has 3 aromatic rings. The zero-order valence-corrected chi connectivity index (χ0v) is 26.8. The van der Waals surface area contributed by atoms with Gasteiger partial charge in [-0.2, -0.15) is 0 Å². The third-order valence-electron chi connectivity index (χ3n) is 7.41. The molecule has 0 unspecified atom stereocenters. The Hall–Kier alpha value is -3.29. The van der Waals surface area contributed by atoms with Crippen LogP contribution in [0.1, 0.15) is 71.1 Å². The lowest BCUT2D eigenvalue weighted by Crippen LogP contribution is -2.27. The van der Waals surface area contributed by atoms with Crippen LogP contribution in [0.2, 0.25) is 5.15 Å².